The molecule has 114 valence electrons. The Morgan fingerprint density at radius 2 is 1.71 bits per heavy atom. The van der Waals surface area contributed by atoms with E-state index in [1.54, 1.807) is 18.2 Å². The summed E-state index contributed by atoms with van der Waals surface area (Å²) in [6.45, 7) is 11.7. The fourth-order valence-electron chi connectivity index (χ4n) is 1.97. The standard InChI is InChI=1S/C16H22N2O2S/c1-15(2,3)14-17-12-10(13(19)18-14)8-7-9-11(12)21(20)16(4,5)6/h7-9H,1-6H3,(H,17,18,19). The SMILES string of the molecule is CC(C)(C)c1nc2c(S(=O)C(C)(C)C)cccc2c(=O)[nH]1. The topological polar surface area (TPSA) is 62.8 Å². The van der Waals surface area contributed by atoms with Crippen molar-refractivity contribution in [2.24, 2.45) is 0 Å². The number of para-hydroxylation sites is 1. The Bertz CT molecular complexity index is 764. The molecule has 4 nitrogen and oxygen atoms in total. The summed E-state index contributed by atoms with van der Waals surface area (Å²) in [6.07, 6.45) is 0. The Morgan fingerprint density at radius 3 is 2.24 bits per heavy atom. The van der Waals surface area contributed by atoms with E-state index in [4.69, 9.17) is 0 Å². The number of hydrogen-bond donors (Lipinski definition) is 1. The van der Waals surface area contributed by atoms with Crippen LogP contribution in [0.2, 0.25) is 0 Å². The van der Waals surface area contributed by atoms with Crippen molar-refractivity contribution in [2.45, 2.75) is 56.6 Å². The molecule has 0 saturated carbocycles. The van der Waals surface area contributed by atoms with E-state index in [1.165, 1.54) is 0 Å². The minimum absolute atomic E-state index is 0.183. The molecule has 0 bridgehead atoms. The van der Waals surface area contributed by atoms with Gasteiger partial charge in [-0.05, 0) is 32.9 Å². The highest BCUT2D eigenvalue weighted by molar-refractivity contribution is 7.86. The lowest BCUT2D eigenvalue weighted by molar-refractivity contribution is 0.546. The minimum Gasteiger partial charge on any atom is -0.310 e. The van der Waals surface area contributed by atoms with Gasteiger partial charge in [-0.25, -0.2) is 4.98 Å². The number of fused-ring (bicyclic) bond motifs is 1. The van der Waals surface area contributed by atoms with Gasteiger partial charge in [0.2, 0.25) is 0 Å². The first-order valence-corrected chi connectivity index (χ1v) is 8.12. The quantitative estimate of drug-likeness (QED) is 0.880. The molecule has 1 aromatic heterocycles. The van der Waals surface area contributed by atoms with Crippen molar-refractivity contribution < 1.29 is 4.21 Å². The highest BCUT2D eigenvalue weighted by Gasteiger charge is 2.25. The zero-order chi connectivity index (χ0) is 16.0. The van der Waals surface area contributed by atoms with Crippen molar-refractivity contribution in [3.8, 4) is 0 Å². The van der Waals surface area contributed by atoms with Crippen LogP contribution in [0.3, 0.4) is 0 Å². The average molecular weight is 306 g/mol. The molecular formula is C16H22N2O2S. The normalized spacial score (nSPS) is 14.4. The van der Waals surface area contributed by atoms with Crippen molar-refractivity contribution >= 4 is 21.7 Å². The molecule has 0 aliphatic rings. The zero-order valence-electron chi connectivity index (χ0n) is 13.4. The molecule has 1 unspecified atom stereocenters. The lowest BCUT2D eigenvalue weighted by Gasteiger charge is -2.20. The van der Waals surface area contributed by atoms with E-state index in [2.05, 4.69) is 9.97 Å². The first kappa shape index (κ1) is 15.9. The van der Waals surface area contributed by atoms with Crippen LogP contribution in [0.1, 0.15) is 47.4 Å². The van der Waals surface area contributed by atoms with Gasteiger partial charge in [-0.2, -0.15) is 0 Å². The highest BCUT2D eigenvalue weighted by Crippen LogP contribution is 2.26. The van der Waals surface area contributed by atoms with Gasteiger partial charge in [0, 0.05) is 10.2 Å². The monoisotopic (exact) mass is 306 g/mol. The summed E-state index contributed by atoms with van der Waals surface area (Å²) in [4.78, 5) is 20.3. The van der Waals surface area contributed by atoms with Gasteiger partial charge < -0.3 is 4.98 Å². The molecule has 1 atom stereocenters. The van der Waals surface area contributed by atoms with E-state index in [-0.39, 0.29) is 11.0 Å². The van der Waals surface area contributed by atoms with E-state index in [1.807, 2.05) is 41.5 Å². The molecule has 5 heteroatoms. The van der Waals surface area contributed by atoms with Crippen LogP contribution < -0.4 is 5.56 Å². The Kier molecular flexibility index (Phi) is 3.82. The maximum atomic E-state index is 12.7. The molecule has 0 radical (unpaired) electrons. The van der Waals surface area contributed by atoms with Crippen LogP contribution in [-0.4, -0.2) is 18.9 Å². The molecule has 0 spiro atoms. The fourth-order valence-corrected chi connectivity index (χ4v) is 3.16. The zero-order valence-corrected chi connectivity index (χ0v) is 14.2. The van der Waals surface area contributed by atoms with Crippen molar-refractivity contribution in [2.75, 3.05) is 0 Å². The first-order chi connectivity index (χ1) is 9.51. The summed E-state index contributed by atoms with van der Waals surface area (Å²) in [5.74, 6) is 0.610. The first-order valence-electron chi connectivity index (χ1n) is 6.97. The van der Waals surface area contributed by atoms with E-state index < -0.39 is 15.5 Å². The molecule has 21 heavy (non-hydrogen) atoms. The molecule has 2 rings (SSSR count). The van der Waals surface area contributed by atoms with Gasteiger partial charge >= 0.3 is 0 Å². The van der Waals surface area contributed by atoms with Gasteiger partial charge in [-0.1, -0.05) is 26.8 Å². The third-order valence-corrected chi connectivity index (χ3v) is 5.01. The van der Waals surface area contributed by atoms with Crippen LogP contribution in [0.25, 0.3) is 10.9 Å². The lowest BCUT2D eigenvalue weighted by atomic mass is 9.95. The number of nitrogens with one attached hydrogen (secondary N) is 1. The smallest absolute Gasteiger partial charge is 0.258 e. The predicted molar refractivity (Wildman–Crippen MR) is 87.2 cm³/mol. The van der Waals surface area contributed by atoms with Gasteiger partial charge in [-0.3, -0.25) is 9.00 Å². The average Bonchev–Trinajstić information content (AvgIpc) is 2.35. The maximum Gasteiger partial charge on any atom is 0.258 e. The van der Waals surface area contributed by atoms with Crippen LogP contribution in [0.4, 0.5) is 0 Å². The summed E-state index contributed by atoms with van der Waals surface area (Å²) < 4.78 is 12.3. The largest absolute Gasteiger partial charge is 0.310 e. The summed E-state index contributed by atoms with van der Waals surface area (Å²) in [6, 6.07) is 5.27. The third kappa shape index (κ3) is 3.07. The maximum absolute atomic E-state index is 12.7. The fraction of sp³-hybridized carbons (Fsp3) is 0.500. The Labute approximate surface area is 127 Å². The molecule has 1 N–H and O–H groups in total. The molecule has 1 heterocycles. The second-order valence-corrected chi connectivity index (χ2v) is 9.40. The van der Waals surface area contributed by atoms with Crippen molar-refractivity contribution in [3.63, 3.8) is 0 Å². The van der Waals surface area contributed by atoms with Gasteiger partial charge in [0.25, 0.3) is 5.56 Å². The molecule has 0 aliphatic carbocycles. The van der Waals surface area contributed by atoms with Crippen LogP contribution in [0, 0.1) is 0 Å². The number of benzene rings is 1. The van der Waals surface area contributed by atoms with Crippen LogP contribution >= 0.6 is 0 Å². The third-order valence-electron chi connectivity index (χ3n) is 3.17. The highest BCUT2D eigenvalue weighted by atomic mass is 32.2. The number of aromatic amines is 1. The Hall–Kier alpha value is -1.49. The molecule has 0 saturated heterocycles. The van der Waals surface area contributed by atoms with Gasteiger partial charge in [0.1, 0.15) is 5.82 Å². The summed E-state index contributed by atoms with van der Waals surface area (Å²) >= 11 is 0. The van der Waals surface area contributed by atoms with E-state index in [0.29, 0.717) is 21.6 Å². The Balaban J connectivity index is 2.83. The number of nitrogens with zero attached hydrogens (tertiary/aromatic N) is 1. The van der Waals surface area contributed by atoms with Crippen LogP contribution in [0.15, 0.2) is 27.9 Å². The number of H-pyrrole nitrogens is 1. The second-order valence-electron chi connectivity index (χ2n) is 7.20. The molecule has 2 aromatic rings. The molecular weight excluding hydrogens is 284 g/mol. The van der Waals surface area contributed by atoms with Crippen molar-refractivity contribution in [1.29, 1.82) is 0 Å². The molecule has 0 aliphatic heterocycles. The van der Waals surface area contributed by atoms with E-state index in [0.717, 1.165) is 0 Å². The van der Waals surface area contributed by atoms with Gasteiger partial charge in [-0.15, -0.1) is 0 Å². The predicted octanol–water partition coefficient (Wildman–Crippen LogP) is 3.13. The lowest BCUT2D eigenvalue weighted by Crippen LogP contribution is -2.25. The van der Waals surface area contributed by atoms with Crippen LogP contribution in [-0.2, 0) is 16.2 Å². The number of rotatable bonds is 1. The second kappa shape index (κ2) is 5.05. The number of hydrogen-bond acceptors (Lipinski definition) is 3. The van der Waals surface area contributed by atoms with Gasteiger partial charge in [0.15, 0.2) is 0 Å². The van der Waals surface area contributed by atoms with E-state index >= 15 is 0 Å². The molecule has 1 aromatic carbocycles. The number of aromatic nitrogens is 2. The summed E-state index contributed by atoms with van der Waals surface area (Å²) in [5, 5.41) is 0.484. The van der Waals surface area contributed by atoms with Crippen molar-refractivity contribution in [1.82, 2.24) is 9.97 Å². The van der Waals surface area contributed by atoms with Crippen LogP contribution in [0.5, 0.6) is 0 Å². The molecule has 0 fully saturated rings. The van der Waals surface area contributed by atoms with Gasteiger partial charge in [0.05, 0.1) is 26.6 Å². The summed E-state index contributed by atoms with van der Waals surface area (Å²) in [5.41, 5.74) is 0.0843. The van der Waals surface area contributed by atoms with E-state index in [9.17, 15) is 9.00 Å². The minimum atomic E-state index is -1.23. The van der Waals surface area contributed by atoms with Crippen molar-refractivity contribution in [3.05, 3.63) is 34.4 Å². The Morgan fingerprint density at radius 1 is 1.10 bits per heavy atom. The summed E-state index contributed by atoms with van der Waals surface area (Å²) in [7, 11) is -1.23. The molecule has 0 amide bonds.